The number of aryl methyl sites for hydroxylation is 1. The molecule has 0 fully saturated rings. The Labute approximate surface area is 179 Å². The molecule has 29 heavy (non-hydrogen) atoms. The first-order chi connectivity index (χ1) is 13.7. The number of nitrogens with zero attached hydrogens (tertiary/aromatic N) is 1. The molecule has 2 aromatic carbocycles. The summed E-state index contributed by atoms with van der Waals surface area (Å²) in [6, 6.07) is 10.9. The average molecular weight is 432 g/mol. The van der Waals surface area contributed by atoms with Gasteiger partial charge in [-0.3, -0.25) is 14.4 Å². The Morgan fingerprint density at radius 1 is 1.24 bits per heavy atom. The first-order valence-corrected chi connectivity index (χ1v) is 10.4. The van der Waals surface area contributed by atoms with Gasteiger partial charge in [0.25, 0.3) is 0 Å². The van der Waals surface area contributed by atoms with Gasteiger partial charge in [-0.15, -0.1) is 11.8 Å². The van der Waals surface area contributed by atoms with Gasteiger partial charge < -0.3 is 15.5 Å². The number of nitrogens with one attached hydrogen (secondary N) is 2. The third-order valence-electron chi connectivity index (χ3n) is 4.81. The number of hydrogen-bond donors (Lipinski definition) is 2. The van der Waals surface area contributed by atoms with E-state index in [1.54, 1.807) is 19.2 Å². The summed E-state index contributed by atoms with van der Waals surface area (Å²) in [5, 5.41) is 5.60. The second kappa shape index (κ2) is 8.88. The minimum Gasteiger partial charge on any atom is -0.336 e. The predicted molar refractivity (Wildman–Crippen MR) is 117 cm³/mol. The number of likely N-dealkylation sites (N-methyl/N-ethyl adjacent to an activating group) is 1. The van der Waals surface area contributed by atoms with Gasteiger partial charge in [-0.25, -0.2) is 0 Å². The van der Waals surface area contributed by atoms with Crippen molar-refractivity contribution in [3.63, 3.8) is 0 Å². The number of amides is 3. The number of rotatable bonds is 5. The van der Waals surface area contributed by atoms with Gasteiger partial charge in [-0.2, -0.15) is 0 Å². The van der Waals surface area contributed by atoms with Crippen molar-refractivity contribution in [2.24, 2.45) is 0 Å². The summed E-state index contributed by atoms with van der Waals surface area (Å²) >= 11 is 7.28. The molecule has 3 amide bonds. The maximum Gasteiger partial charge on any atom is 0.243 e. The highest BCUT2D eigenvalue weighted by Gasteiger charge is 2.30. The molecule has 1 aliphatic rings. The van der Waals surface area contributed by atoms with E-state index in [-0.39, 0.29) is 30.7 Å². The lowest BCUT2D eigenvalue weighted by molar-refractivity contribution is -0.134. The second-order valence-electron chi connectivity index (χ2n) is 6.99. The van der Waals surface area contributed by atoms with Crippen LogP contribution in [0.1, 0.15) is 17.5 Å². The largest absolute Gasteiger partial charge is 0.336 e. The van der Waals surface area contributed by atoms with Gasteiger partial charge in [0, 0.05) is 29.1 Å². The standard InChI is InChI=1S/C21H22ClN3O3S/c1-12-5-4-6-15(13(12)2)23-19(26)11-25(3)20(27)10-18-21(28)24-16-9-14(22)7-8-17(16)29-18/h4-9,18H,10-11H2,1-3H3,(H,23,26)(H,24,28)/t18-/m0/s1. The highest BCUT2D eigenvalue weighted by atomic mass is 35.5. The van der Waals surface area contributed by atoms with Crippen LogP contribution in [-0.4, -0.2) is 41.5 Å². The molecule has 0 bridgehead atoms. The lowest BCUT2D eigenvalue weighted by atomic mass is 10.1. The van der Waals surface area contributed by atoms with Crippen molar-refractivity contribution in [1.82, 2.24) is 4.90 Å². The van der Waals surface area contributed by atoms with E-state index in [0.717, 1.165) is 21.7 Å². The Kier molecular flexibility index (Phi) is 6.49. The SMILES string of the molecule is Cc1cccc(NC(=O)CN(C)C(=O)C[C@@H]2Sc3ccc(Cl)cc3NC2=O)c1C. The van der Waals surface area contributed by atoms with Crippen LogP contribution < -0.4 is 10.6 Å². The van der Waals surface area contributed by atoms with E-state index in [0.29, 0.717) is 10.7 Å². The van der Waals surface area contributed by atoms with Gasteiger partial charge >= 0.3 is 0 Å². The summed E-state index contributed by atoms with van der Waals surface area (Å²) in [5.74, 6) is -0.798. The number of thioether (sulfide) groups is 1. The Hall–Kier alpha value is -2.51. The maximum absolute atomic E-state index is 12.6. The van der Waals surface area contributed by atoms with Crippen LogP contribution in [0.25, 0.3) is 0 Å². The Morgan fingerprint density at radius 3 is 2.76 bits per heavy atom. The van der Waals surface area contributed by atoms with Gasteiger partial charge in [0.2, 0.25) is 17.7 Å². The first-order valence-electron chi connectivity index (χ1n) is 9.11. The van der Waals surface area contributed by atoms with Gasteiger partial charge in [0.05, 0.1) is 17.5 Å². The van der Waals surface area contributed by atoms with E-state index in [1.165, 1.54) is 16.7 Å². The van der Waals surface area contributed by atoms with Crippen molar-refractivity contribution in [1.29, 1.82) is 0 Å². The lowest BCUT2D eigenvalue weighted by Crippen LogP contribution is -2.39. The monoisotopic (exact) mass is 431 g/mol. The molecule has 0 spiro atoms. The lowest BCUT2D eigenvalue weighted by Gasteiger charge is -2.25. The molecule has 2 aromatic rings. The van der Waals surface area contributed by atoms with Crippen molar-refractivity contribution < 1.29 is 14.4 Å². The summed E-state index contributed by atoms with van der Waals surface area (Å²) in [6.45, 7) is 3.82. The molecule has 1 aliphatic heterocycles. The molecule has 0 unspecified atom stereocenters. The Bertz CT molecular complexity index is 980. The van der Waals surface area contributed by atoms with Crippen molar-refractivity contribution in [3.05, 3.63) is 52.5 Å². The van der Waals surface area contributed by atoms with Crippen LogP contribution in [0.15, 0.2) is 41.3 Å². The van der Waals surface area contributed by atoms with Crippen LogP contribution in [0.4, 0.5) is 11.4 Å². The number of carbonyl (C=O) groups excluding carboxylic acids is 3. The maximum atomic E-state index is 12.6. The fourth-order valence-corrected chi connectivity index (χ4v) is 4.21. The molecular formula is C21H22ClN3O3S. The molecular weight excluding hydrogens is 410 g/mol. The van der Waals surface area contributed by atoms with Gasteiger partial charge in [0.1, 0.15) is 0 Å². The van der Waals surface area contributed by atoms with Gasteiger partial charge in [0.15, 0.2) is 0 Å². The normalized spacial score (nSPS) is 15.3. The highest BCUT2D eigenvalue weighted by Crippen LogP contribution is 2.38. The van der Waals surface area contributed by atoms with E-state index < -0.39 is 5.25 Å². The zero-order valence-electron chi connectivity index (χ0n) is 16.4. The molecule has 0 saturated carbocycles. The second-order valence-corrected chi connectivity index (χ2v) is 8.67. The molecule has 0 saturated heterocycles. The number of fused-ring (bicyclic) bond motifs is 1. The van der Waals surface area contributed by atoms with Crippen molar-refractivity contribution >= 4 is 52.5 Å². The number of halogens is 1. The minimum absolute atomic E-state index is 0.00577. The summed E-state index contributed by atoms with van der Waals surface area (Å²) in [7, 11) is 1.56. The van der Waals surface area contributed by atoms with E-state index in [2.05, 4.69) is 10.6 Å². The fraction of sp³-hybridized carbons (Fsp3) is 0.286. The molecule has 1 heterocycles. The fourth-order valence-electron chi connectivity index (χ4n) is 2.95. The van der Waals surface area contributed by atoms with Crippen molar-refractivity contribution in [3.8, 4) is 0 Å². The van der Waals surface area contributed by atoms with E-state index in [4.69, 9.17) is 11.6 Å². The number of benzene rings is 2. The van der Waals surface area contributed by atoms with Crippen LogP contribution in [0.5, 0.6) is 0 Å². The molecule has 8 heteroatoms. The topological polar surface area (TPSA) is 78.5 Å². The van der Waals surface area contributed by atoms with Crippen LogP contribution in [0, 0.1) is 13.8 Å². The van der Waals surface area contributed by atoms with Crippen LogP contribution in [0.2, 0.25) is 5.02 Å². The number of anilines is 2. The minimum atomic E-state index is -0.555. The summed E-state index contributed by atoms with van der Waals surface area (Å²) in [6.07, 6.45) is 0.00577. The highest BCUT2D eigenvalue weighted by molar-refractivity contribution is 8.01. The van der Waals surface area contributed by atoms with Crippen LogP contribution >= 0.6 is 23.4 Å². The van der Waals surface area contributed by atoms with E-state index >= 15 is 0 Å². The average Bonchev–Trinajstić information content (AvgIpc) is 2.66. The molecule has 2 N–H and O–H groups in total. The van der Waals surface area contributed by atoms with Crippen LogP contribution in [0.3, 0.4) is 0 Å². The summed E-state index contributed by atoms with van der Waals surface area (Å²) in [4.78, 5) is 39.4. The van der Waals surface area contributed by atoms with Gasteiger partial charge in [-0.1, -0.05) is 23.7 Å². The van der Waals surface area contributed by atoms with Crippen LogP contribution in [-0.2, 0) is 14.4 Å². The molecule has 152 valence electrons. The smallest absolute Gasteiger partial charge is 0.243 e. The van der Waals surface area contributed by atoms with Crippen molar-refractivity contribution in [2.45, 2.75) is 30.4 Å². The third kappa shape index (κ3) is 5.10. The van der Waals surface area contributed by atoms with E-state index in [1.807, 2.05) is 38.1 Å². The van der Waals surface area contributed by atoms with Gasteiger partial charge in [-0.05, 0) is 49.2 Å². The Balaban J connectivity index is 1.57. The number of carbonyl (C=O) groups is 3. The Morgan fingerprint density at radius 2 is 2.00 bits per heavy atom. The molecule has 1 atom stereocenters. The summed E-state index contributed by atoms with van der Waals surface area (Å²) in [5.41, 5.74) is 3.45. The third-order valence-corrected chi connectivity index (χ3v) is 6.32. The molecule has 3 rings (SSSR count). The molecule has 0 aliphatic carbocycles. The molecule has 6 nitrogen and oxygen atoms in total. The predicted octanol–water partition coefficient (Wildman–Crippen LogP) is 3.86. The molecule has 0 radical (unpaired) electrons. The van der Waals surface area contributed by atoms with Crippen molar-refractivity contribution in [2.75, 3.05) is 24.2 Å². The zero-order chi connectivity index (χ0) is 21.1. The quantitative estimate of drug-likeness (QED) is 0.753. The zero-order valence-corrected chi connectivity index (χ0v) is 18.0. The summed E-state index contributed by atoms with van der Waals surface area (Å²) < 4.78 is 0. The van der Waals surface area contributed by atoms with E-state index in [9.17, 15) is 14.4 Å². The molecule has 0 aromatic heterocycles. The first kappa shape index (κ1) is 21.2. The number of hydrogen-bond acceptors (Lipinski definition) is 4.